The molecule has 0 fully saturated rings. The van der Waals surface area contributed by atoms with Gasteiger partial charge in [0.25, 0.3) is 11.8 Å². The Bertz CT molecular complexity index is 1410. The number of aliphatic imine (C=N–C) groups is 1. The molecule has 1 aromatic heterocycles. The summed E-state index contributed by atoms with van der Waals surface area (Å²) >= 11 is 11.1. The van der Waals surface area contributed by atoms with Gasteiger partial charge in [0.1, 0.15) is 10.7 Å². The van der Waals surface area contributed by atoms with Crippen molar-refractivity contribution >= 4 is 72.8 Å². The van der Waals surface area contributed by atoms with Gasteiger partial charge in [0.15, 0.2) is 0 Å². The smallest absolute Gasteiger partial charge is 0.277 e. The lowest BCUT2D eigenvalue weighted by atomic mass is 9.72. The van der Waals surface area contributed by atoms with Crippen LogP contribution in [0.5, 0.6) is 0 Å². The zero-order chi connectivity index (χ0) is 25.8. The van der Waals surface area contributed by atoms with Gasteiger partial charge in [-0.05, 0) is 78.6 Å². The van der Waals surface area contributed by atoms with Gasteiger partial charge in [-0.15, -0.1) is 11.3 Å². The standard InChI is InChI=1S/C28H27BrClN3O2S/c1-28(2,3)15-5-11-19-22(13-15)36-26(23(19)25(34)31-18-9-7-17(30)8-10-18)32-24-20-14-16(29)6-12-21(20)33(4)27(24)35/h6-10,12,14-15H,5,11,13H2,1-4H3,(H,31,34)/t15-/m0/s1. The first-order valence-corrected chi connectivity index (χ1v) is 13.9. The monoisotopic (exact) mass is 583 g/mol. The molecule has 0 unspecified atom stereocenters. The van der Waals surface area contributed by atoms with Crippen molar-refractivity contribution in [3.63, 3.8) is 0 Å². The van der Waals surface area contributed by atoms with Crippen LogP contribution in [0.25, 0.3) is 0 Å². The number of hydrogen-bond acceptors (Lipinski definition) is 4. The predicted octanol–water partition coefficient (Wildman–Crippen LogP) is 7.66. The predicted molar refractivity (Wildman–Crippen MR) is 152 cm³/mol. The highest BCUT2D eigenvalue weighted by atomic mass is 79.9. The lowest BCUT2D eigenvalue weighted by Gasteiger charge is -2.33. The normalized spacial score (nSPS) is 18.4. The number of rotatable bonds is 3. The number of nitrogens with one attached hydrogen (secondary N) is 1. The number of anilines is 2. The van der Waals surface area contributed by atoms with Crippen LogP contribution in [-0.2, 0) is 17.6 Å². The maximum Gasteiger partial charge on any atom is 0.277 e. The Morgan fingerprint density at radius 3 is 2.61 bits per heavy atom. The summed E-state index contributed by atoms with van der Waals surface area (Å²) < 4.78 is 0.872. The van der Waals surface area contributed by atoms with Crippen LogP contribution in [0.3, 0.4) is 0 Å². The lowest BCUT2D eigenvalue weighted by Crippen LogP contribution is -2.27. The van der Waals surface area contributed by atoms with E-state index in [-0.39, 0.29) is 17.2 Å². The number of thiophene rings is 1. The third-order valence-corrected chi connectivity index (χ3v) is 8.99. The Labute approximate surface area is 228 Å². The van der Waals surface area contributed by atoms with E-state index in [0.717, 1.165) is 40.5 Å². The van der Waals surface area contributed by atoms with Gasteiger partial charge in [-0.2, -0.15) is 0 Å². The van der Waals surface area contributed by atoms with Crippen molar-refractivity contribution in [1.82, 2.24) is 0 Å². The van der Waals surface area contributed by atoms with Gasteiger partial charge in [-0.1, -0.05) is 48.3 Å². The summed E-state index contributed by atoms with van der Waals surface area (Å²) in [6.45, 7) is 6.81. The molecule has 0 bridgehead atoms. The summed E-state index contributed by atoms with van der Waals surface area (Å²) in [5.41, 5.74) is 4.40. The largest absolute Gasteiger partial charge is 0.322 e. The minimum Gasteiger partial charge on any atom is -0.322 e. The average molecular weight is 585 g/mol. The lowest BCUT2D eigenvalue weighted by molar-refractivity contribution is -0.111. The van der Waals surface area contributed by atoms with Crippen molar-refractivity contribution in [1.29, 1.82) is 0 Å². The van der Waals surface area contributed by atoms with Gasteiger partial charge < -0.3 is 10.2 Å². The number of carbonyl (C=O) groups is 2. The van der Waals surface area contributed by atoms with Crippen LogP contribution in [0.4, 0.5) is 16.4 Å². The highest BCUT2D eigenvalue weighted by Gasteiger charge is 2.36. The molecule has 2 aromatic carbocycles. The molecule has 1 aliphatic heterocycles. The first kappa shape index (κ1) is 25.2. The number of likely N-dealkylation sites (N-methyl/N-ethyl adjacent to an activating group) is 1. The van der Waals surface area contributed by atoms with E-state index in [2.05, 4.69) is 42.0 Å². The van der Waals surface area contributed by atoms with E-state index in [1.807, 2.05) is 18.2 Å². The molecule has 36 heavy (non-hydrogen) atoms. The van der Waals surface area contributed by atoms with Crippen LogP contribution >= 0.6 is 38.9 Å². The quantitative estimate of drug-likeness (QED) is 0.343. The Balaban J connectivity index is 1.61. The molecule has 2 amide bonds. The fourth-order valence-electron chi connectivity index (χ4n) is 4.93. The topological polar surface area (TPSA) is 61.8 Å². The maximum atomic E-state index is 13.6. The molecule has 2 heterocycles. The molecule has 2 aliphatic rings. The fraction of sp³-hybridized carbons (Fsp3) is 0.321. The zero-order valence-corrected chi connectivity index (χ0v) is 23.8. The molecular weight excluding hydrogens is 558 g/mol. The van der Waals surface area contributed by atoms with Crippen molar-refractivity contribution in [2.45, 2.75) is 40.0 Å². The molecule has 0 saturated heterocycles. The Morgan fingerprint density at radius 1 is 1.19 bits per heavy atom. The van der Waals surface area contributed by atoms with Crippen molar-refractivity contribution in [2.24, 2.45) is 16.3 Å². The number of benzene rings is 2. The second kappa shape index (κ2) is 9.43. The molecular formula is C28H27BrClN3O2S. The van der Waals surface area contributed by atoms with Crippen molar-refractivity contribution < 1.29 is 9.59 Å². The maximum absolute atomic E-state index is 13.6. The Morgan fingerprint density at radius 2 is 1.92 bits per heavy atom. The van der Waals surface area contributed by atoms with Gasteiger partial charge in [-0.25, -0.2) is 4.99 Å². The molecule has 5 rings (SSSR count). The van der Waals surface area contributed by atoms with E-state index in [0.29, 0.717) is 32.9 Å². The fourth-order valence-corrected chi connectivity index (χ4v) is 6.72. The number of carbonyl (C=O) groups excluding carboxylic acids is 2. The molecule has 0 saturated carbocycles. The summed E-state index contributed by atoms with van der Waals surface area (Å²) in [7, 11) is 1.75. The Kier molecular flexibility index (Phi) is 6.60. The second-order valence-corrected chi connectivity index (χ2v) is 12.9. The van der Waals surface area contributed by atoms with Gasteiger partial charge >= 0.3 is 0 Å². The molecule has 3 aromatic rings. The highest BCUT2D eigenvalue weighted by molar-refractivity contribution is 9.10. The summed E-state index contributed by atoms with van der Waals surface area (Å²) in [6.07, 6.45) is 2.74. The third kappa shape index (κ3) is 4.64. The first-order chi connectivity index (χ1) is 17.0. The molecule has 1 atom stereocenters. The summed E-state index contributed by atoms with van der Waals surface area (Å²) in [5.74, 6) is 0.134. The van der Waals surface area contributed by atoms with Gasteiger partial charge in [0.05, 0.1) is 11.3 Å². The SMILES string of the molecule is CN1C(=O)C(=Nc2sc3c(c2C(=O)Nc2ccc(Cl)cc2)CC[C@H](C(C)(C)C)C3)c2cc(Br)ccc21. The molecule has 186 valence electrons. The van der Waals surface area contributed by atoms with E-state index < -0.39 is 0 Å². The van der Waals surface area contributed by atoms with Crippen molar-refractivity contribution in [2.75, 3.05) is 17.3 Å². The van der Waals surface area contributed by atoms with Crippen LogP contribution in [0.15, 0.2) is 51.9 Å². The number of amides is 2. The van der Waals surface area contributed by atoms with E-state index in [1.54, 1.807) is 47.5 Å². The van der Waals surface area contributed by atoms with Crippen LogP contribution in [0.1, 0.15) is 53.6 Å². The van der Waals surface area contributed by atoms with Crippen LogP contribution in [0.2, 0.25) is 5.02 Å². The summed E-state index contributed by atoms with van der Waals surface area (Å²) in [4.78, 5) is 34.5. The molecule has 5 nitrogen and oxygen atoms in total. The van der Waals surface area contributed by atoms with E-state index in [4.69, 9.17) is 16.6 Å². The third-order valence-electron chi connectivity index (χ3n) is 7.10. The van der Waals surface area contributed by atoms with Crippen molar-refractivity contribution in [3.8, 4) is 0 Å². The molecule has 1 N–H and O–H groups in total. The molecule has 8 heteroatoms. The second-order valence-electron chi connectivity index (χ2n) is 10.4. The number of nitrogens with zero attached hydrogens (tertiary/aromatic N) is 2. The van der Waals surface area contributed by atoms with Gasteiger partial charge in [0, 0.05) is 32.7 Å². The highest BCUT2D eigenvalue weighted by Crippen LogP contribution is 2.46. The Hall–Kier alpha value is -2.48. The number of fused-ring (bicyclic) bond motifs is 2. The zero-order valence-electron chi connectivity index (χ0n) is 20.6. The average Bonchev–Trinajstić information content (AvgIpc) is 3.30. The molecule has 1 aliphatic carbocycles. The minimum atomic E-state index is -0.211. The summed E-state index contributed by atoms with van der Waals surface area (Å²) in [6, 6.07) is 12.8. The van der Waals surface area contributed by atoms with Crippen LogP contribution < -0.4 is 10.2 Å². The van der Waals surface area contributed by atoms with Crippen molar-refractivity contribution in [3.05, 3.63) is 73.5 Å². The van der Waals surface area contributed by atoms with Gasteiger partial charge in [0.2, 0.25) is 0 Å². The number of hydrogen-bond donors (Lipinski definition) is 1. The van der Waals surface area contributed by atoms with Crippen LogP contribution in [0, 0.1) is 11.3 Å². The minimum absolute atomic E-state index is 0.175. The molecule has 0 radical (unpaired) electrons. The van der Waals surface area contributed by atoms with Gasteiger partial charge in [-0.3, -0.25) is 9.59 Å². The first-order valence-electron chi connectivity index (χ1n) is 11.9. The number of halogens is 2. The van der Waals surface area contributed by atoms with E-state index in [1.165, 1.54) is 4.88 Å². The summed E-state index contributed by atoms with van der Waals surface area (Å²) in [5, 5.41) is 4.21. The van der Waals surface area contributed by atoms with Crippen LogP contribution in [-0.4, -0.2) is 24.6 Å². The molecule has 0 spiro atoms. The van der Waals surface area contributed by atoms with E-state index >= 15 is 0 Å². The van der Waals surface area contributed by atoms with E-state index in [9.17, 15) is 9.59 Å².